The summed E-state index contributed by atoms with van der Waals surface area (Å²) in [6.07, 6.45) is 6.48. The van der Waals surface area contributed by atoms with Gasteiger partial charge >= 0.3 is 0 Å². The molecule has 1 heterocycles. The predicted octanol–water partition coefficient (Wildman–Crippen LogP) is 1.45. The maximum atomic E-state index is 11.8. The third kappa shape index (κ3) is 3.69. The van der Waals surface area contributed by atoms with Crippen LogP contribution in [0, 0.1) is 5.92 Å². The first-order chi connectivity index (χ1) is 8.59. The lowest BCUT2D eigenvalue weighted by atomic mass is 9.84. The minimum atomic E-state index is -0.134. The van der Waals surface area contributed by atoms with E-state index in [2.05, 4.69) is 17.6 Å². The van der Waals surface area contributed by atoms with Crippen molar-refractivity contribution in [2.45, 2.75) is 57.6 Å². The van der Waals surface area contributed by atoms with Crippen molar-refractivity contribution in [3.05, 3.63) is 0 Å². The number of carbonyl (C=O) groups is 1. The molecule has 2 aliphatic rings. The van der Waals surface area contributed by atoms with Crippen molar-refractivity contribution in [2.75, 3.05) is 19.7 Å². The fourth-order valence-corrected chi connectivity index (χ4v) is 2.87. The van der Waals surface area contributed by atoms with E-state index >= 15 is 0 Å². The van der Waals surface area contributed by atoms with Gasteiger partial charge < -0.3 is 15.4 Å². The van der Waals surface area contributed by atoms with Crippen LogP contribution >= 0.6 is 0 Å². The molecule has 0 spiro atoms. The van der Waals surface area contributed by atoms with Crippen LogP contribution in [0.25, 0.3) is 0 Å². The molecule has 4 nitrogen and oxygen atoms in total. The summed E-state index contributed by atoms with van der Waals surface area (Å²) in [7, 11) is 0. The number of nitrogens with one attached hydrogen (secondary N) is 2. The summed E-state index contributed by atoms with van der Waals surface area (Å²) in [5, 5.41) is 6.25. The van der Waals surface area contributed by atoms with E-state index in [1.165, 1.54) is 32.1 Å². The van der Waals surface area contributed by atoms with Crippen molar-refractivity contribution < 1.29 is 9.53 Å². The first-order valence-corrected chi connectivity index (χ1v) is 7.23. The van der Waals surface area contributed by atoms with Crippen LogP contribution in [0.1, 0.15) is 46.0 Å². The van der Waals surface area contributed by atoms with E-state index in [9.17, 15) is 4.79 Å². The highest BCUT2D eigenvalue weighted by Gasteiger charge is 2.33. The fraction of sp³-hybridized carbons (Fsp3) is 0.929. The van der Waals surface area contributed by atoms with E-state index in [-0.39, 0.29) is 24.2 Å². The zero-order valence-electron chi connectivity index (χ0n) is 11.6. The van der Waals surface area contributed by atoms with Gasteiger partial charge in [-0.1, -0.05) is 19.3 Å². The monoisotopic (exact) mass is 254 g/mol. The minimum Gasteiger partial charge on any atom is -0.363 e. The molecule has 0 bridgehead atoms. The second-order valence-electron chi connectivity index (χ2n) is 6.10. The quantitative estimate of drug-likeness (QED) is 0.781. The molecule has 4 heteroatoms. The SMILES string of the molecule is CC(NC(=O)COC1(C)CNC1)C1CCCCC1. The molecule has 2 rings (SSSR count). The Morgan fingerprint density at radius 2 is 2.06 bits per heavy atom. The largest absolute Gasteiger partial charge is 0.363 e. The van der Waals surface area contributed by atoms with Crippen molar-refractivity contribution in [1.82, 2.24) is 10.6 Å². The Hall–Kier alpha value is -0.610. The molecule has 2 N–H and O–H groups in total. The Labute approximate surface area is 110 Å². The highest BCUT2D eigenvalue weighted by Crippen LogP contribution is 2.26. The van der Waals surface area contributed by atoms with E-state index in [1.54, 1.807) is 0 Å². The molecule has 1 aliphatic heterocycles. The highest BCUT2D eigenvalue weighted by atomic mass is 16.5. The van der Waals surface area contributed by atoms with Crippen molar-refractivity contribution in [3.8, 4) is 0 Å². The van der Waals surface area contributed by atoms with Crippen molar-refractivity contribution in [2.24, 2.45) is 5.92 Å². The number of carbonyl (C=O) groups excluding carboxylic acids is 1. The van der Waals surface area contributed by atoms with Gasteiger partial charge in [-0.3, -0.25) is 4.79 Å². The third-order valence-corrected chi connectivity index (χ3v) is 4.30. The lowest BCUT2D eigenvalue weighted by Gasteiger charge is -2.39. The molecule has 104 valence electrons. The maximum absolute atomic E-state index is 11.8. The van der Waals surface area contributed by atoms with Gasteiger partial charge in [0.2, 0.25) is 5.91 Å². The van der Waals surface area contributed by atoms with Gasteiger partial charge in [-0.2, -0.15) is 0 Å². The number of ether oxygens (including phenoxy) is 1. The number of hydrogen-bond acceptors (Lipinski definition) is 3. The van der Waals surface area contributed by atoms with Gasteiger partial charge in [0.25, 0.3) is 0 Å². The third-order valence-electron chi connectivity index (χ3n) is 4.30. The van der Waals surface area contributed by atoms with E-state index in [4.69, 9.17) is 4.74 Å². The summed E-state index contributed by atoms with van der Waals surface area (Å²) in [6, 6.07) is 0.286. The van der Waals surface area contributed by atoms with E-state index in [0.29, 0.717) is 5.92 Å². The van der Waals surface area contributed by atoms with Gasteiger partial charge in [-0.15, -0.1) is 0 Å². The van der Waals surface area contributed by atoms with Gasteiger partial charge in [0.05, 0.1) is 5.60 Å². The van der Waals surface area contributed by atoms with Crippen LogP contribution in [-0.2, 0) is 9.53 Å². The van der Waals surface area contributed by atoms with Crippen LogP contribution < -0.4 is 10.6 Å². The average Bonchev–Trinajstić information content (AvgIpc) is 2.35. The molecule has 18 heavy (non-hydrogen) atoms. The van der Waals surface area contributed by atoms with Crippen LogP contribution in [0.5, 0.6) is 0 Å². The molecule has 2 fully saturated rings. The smallest absolute Gasteiger partial charge is 0.246 e. The molecule has 0 radical (unpaired) electrons. The van der Waals surface area contributed by atoms with Gasteiger partial charge in [-0.05, 0) is 32.6 Å². The zero-order valence-corrected chi connectivity index (χ0v) is 11.6. The average molecular weight is 254 g/mol. The number of amides is 1. The van der Waals surface area contributed by atoms with Gasteiger partial charge in [0, 0.05) is 19.1 Å². The molecule has 1 saturated carbocycles. The first-order valence-electron chi connectivity index (χ1n) is 7.23. The topological polar surface area (TPSA) is 50.4 Å². The van der Waals surface area contributed by atoms with Crippen LogP contribution in [0.3, 0.4) is 0 Å². The molecule has 1 atom stereocenters. The molecule has 1 saturated heterocycles. The summed E-state index contributed by atoms with van der Waals surface area (Å²) in [5.74, 6) is 0.685. The summed E-state index contributed by atoms with van der Waals surface area (Å²) >= 11 is 0. The van der Waals surface area contributed by atoms with Crippen molar-refractivity contribution >= 4 is 5.91 Å². The van der Waals surface area contributed by atoms with Crippen molar-refractivity contribution in [3.63, 3.8) is 0 Å². The van der Waals surface area contributed by atoms with Gasteiger partial charge in [0.1, 0.15) is 6.61 Å². The van der Waals surface area contributed by atoms with Crippen molar-refractivity contribution in [1.29, 1.82) is 0 Å². The van der Waals surface area contributed by atoms with E-state index in [0.717, 1.165) is 13.1 Å². The molecule has 1 unspecified atom stereocenters. The minimum absolute atomic E-state index is 0.0289. The Bertz CT molecular complexity index is 284. The molecule has 0 aromatic carbocycles. The molecule has 1 aliphatic carbocycles. The first kappa shape index (κ1) is 13.8. The fourth-order valence-electron chi connectivity index (χ4n) is 2.87. The Kier molecular flexibility index (Phi) is 4.62. The Morgan fingerprint density at radius 3 is 2.61 bits per heavy atom. The second kappa shape index (κ2) is 6.02. The number of rotatable bonds is 5. The second-order valence-corrected chi connectivity index (χ2v) is 6.10. The van der Waals surface area contributed by atoms with Crippen LogP contribution in [0.2, 0.25) is 0 Å². The van der Waals surface area contributed by atoms with Gasteiger partial charge in [-0.25, -0.2) is 0 Å². The Morgan fingerprint density at radius 1 is 1.39 bits per heavy atom. The van der Waals surface area contributed by atoms with Crippen LogP contribution in [-0.4, -0.2) is 37.2 Å². The maximum Gasteiger partial charge on any atom is 0.246 e. The molecular formula is C14H26N2O2. The van der Waals surface area contributed by atoms with E-state index in [1.807, 2.05) is 6.92 Å². The predicted molar refractivity (Wildman–Crippen MR) is 71.4 cm³/mol. The molecule has 1 amide bonds. The van der Waals surface area contributed by atoms with Gasteiger partial charge in [0.15, 0.2) is 0 Å². The summed E-state index contributed by atoms with van der Waals surface area (Å²) in [5.41, 5.74) is -0.134. The normalized spacial score (nSPS) is 25.2. The number of hydrogen-bond donors (Lipinski definition) is 2. The summed E-state index contributed by atoms with van der Waals surface area (Å²) in [6.45, 7) is 6.05. The summed E-state index contributed by atoms with van der Waals surface area (Å²) in [4.78, 5) is 11.8. The zero-order chi connectivity index (χ0) is 13.0. The Balaban J connectivity index is 1.66. The standard InChI is InChI=1S/C14H26N2O2/c1-11(12-6-4-3-5-7-12)16-13(17)8-18-14(2)9-15-10-14/h11-12,15H,3-10H2,1-2H3,(H,16,17). The lowest BCUT2D eigenvalue weighted by molar-refractivity contribution is -0.136. The molecule has 0 aromatic rings. The molecule has 0 aromatic heterocycles. The van der Waals surface area contributed by atoms with Crippen LogP contribution in [0.15, 0.2) is 0 Å². The summed E-state index contributed by atoms with van der Waals surface area (Å²) < 4.78 is 5.64. The lowest BCUT2D eigenvalue weighted by Crippen LogP contribution is -2.59. The highest BCUT2D eigenvalue weighted by molar-refractivity contribution is 5.77. The molecular weight excluding hydrogens is 228 g/mol. The van der Waals surface area contributed by atoms with Crippen LogP contribution in [0.4, 0.5) is 0 Å². The van der Waals surface area contributed by atoms with E-state index < -0.39 is 0 Å².